The molecule has 0 saturated heterocycles. The van der Waals surface area contributed by atoms with Gasteiger partial charge in [0.2, 0.25) is 17.6 Å². The van der Waals surface area contributed by atoms with Crippen LogP contribution in [0.4, 0.5) is 4.39 Å². The summed E-state index contributed by atoms with van der Waals surface area (Å²) >= 11 is 0. The number of carbonyl (C=O) groups excluding carboxylic acids is 1. The van der Waals surface area contributed by atoms with Crippen molar-refractivity contribution in [3.63, 3.8) is 0 Å². The molecule has 2 aromatic carbocycles. The van der Waals surface area contributed by atoms with Gasteiger partial charge in [0.25, 0.3) is 0 Å². The van der Waals surface area contributed by atoms with Crippen molar-refractivity contribution in [3.8, 4) is 11.4 Å². The molecule has 1 heterocycles. The molecule has 1 amide bonds. The molecule has 1 aromatic heterocycles. The number of aromatic nitrogens is 2. The van der Waals surface area contributed by atoms with Crippen LogP contribution in [0.3, 0.4) is 0 Å². The van der Waals surface area contributed by atoms with Crippen LogP contribution >= 0.6 is 0 Å². The molecule has 5 nitrogen and oxygen atoms in total. The van der Waals surface area contributed by atoms with Crippen molar-refractivity contribution in [1.82, 2.24) is 15.5 Å². The van der Waals surface area contributed by atoms with Crippen LogP contribution in [0.2, 0.25) is 0 Å². The Kier molecular flexibility index (Phi) is 6.30. The van der Waals surface area contributed by atoms with Gasteiger partial charge in [0, 0.05) is 24.9 Å². The Morgan fingerprint density at radius 3 is 2.63 bits per heavy atom. The molecule has 140 valence electrons. The Hall–Kier alpha value is -3.02. The molecule has 0 aliphatic rings. The lowest BCUT2D eigenvalue weighted by atomic mass is 10.0. The lowest BCUT2D eigenvalue weighted by molar-refractivity contribution is -0.121. The zero-order valence-corrected chi connectivity index (χ0v) is 15.2. The minimum atomic E-state index is -0.310. The van der Waals surface area contributed by atoms with E-state index in [0.29, 0.717) is 43.1 Å². The fourth-order valence-corrected chi connectivity index (χ4v) is 2.73. The summed E-state index contributed by atoms with van der Waals surface area (Å²) in [6, 6.07) is 16.0. The Morgan fingerprint density at radius 2 is 1.89 bits per heavy atom. The predicted octanol–water partition coefficient (Wildman–Crippen LogP) is 4.12. The first kappa shape index (κ1) is 18.8. The fourth-order valence-electron chi connectivity index (χ4n) is 2.73. The minimum Gasteiger partial charge on any atom is -0.356 e. The van der Waals surface area contributed by atoms with E-state index in [4.69, 9.17) is 4.52 Å². The lowest BCUT2D eigenvalue weighted by Crippen LogP contribution is -2.27. The summed E-state index contributed by atoms with van der Waals surface area (Å²) in [6.45, 7) is 2.70. The highest BCUT2D eigenvalue weighted by Gasteiger charge is 2.11. The smallest absolute Gasteiger partial charge is 0.226 e. The minimum absolute atomic E-state index is 0.0102. The second-order valence-corrected chi connectivity index (χ2v) is 6.49. The number of benzene rings is 2. The maximum Gasteiger partial charge on any atom is 0.226 e. The highest BCUT2D eigenvalue weighted by Crippen LogP contribution is 2.17. The molecule has 3 aromatic rings. The molecule has 1 unspecified atom stereocenters. The van der Waals surface area contributed by atoms with Gasteiger partial charge in [0.1, 0.15) is 5.82 Å². The normalized spacial score (nSPS) is 11.9. The number of hydrogen-bond acceptors (Lipinski definition) is 4. The first-order valence-corrected chi connectivity index (χ1v) is 9.02. The number of rotatable bonds is 8. The summed E-state index contributed by atoms with van der Waals surface area (Å²) in [4.78, 5) is 16.3. The average Bonchev–Trinajstić information content (AvgIpc) is 3.16. The van der Waals surface area contributed by atoms with Gasteiger partial charge in [-0.25, -0.2) is 4.39 Å². The Morgan fingerprint density at radius 1 is 1.15 bits per heavy atom. The maximum absolute atomic E-state index is 13.0. The van der Waals surface area contributed by atoms with Gasteiger partial charge in [-0.2, -0.15) is 4.98 Å². The summed E-state index contributed by atoms with van der Waals surface area (Å²) in [5.74, 6) is 0.862. The molecule has 0 aliphatic heterocycles. The van der Waals surface area contributed by atoms with Crippen LogP contribution in [0.5, 0.6) is 0 Å². The number of amides is 1. The molecular weight excluding hydrogens is 345 g/mol. The second kappa shape index (κ2) is 9.07. The average molecular weight is 367 g/mol. The van der Waals surface area contributed by atoms with Crippen LogP contribution in [0, 0.1) is 5.82 Å². The molecular formula is C21H22FN3O2. The van der Waals surface area contributed by atoms with Crippen molar-refractivity contribution in [2.45, 2.75) is 32.1 Å². The molecule has 0 saturated carbocycles. The van der Waals surface area contributed by atoms with Gasteiger partial charge in [-0.15, -0.1) is 0 Å². The van der Waals surface area contributed by atoms with E-state index in [2.05, 4.69) is 34.5 Å². The third-order valence-corrected chi connectivity index (χ3v) is 4.34. The molecule has 27 heavy (non-hydrogen) atoms. The van der Waals surface area contributed by atoms with Gasteiger partial charge in [-0.1, -0.05) is 42.4 Å². The summed E-state index contributed by atoms with van der Waals surface area (Å²) in [5.41, 5.74) is 1.90. The highest BCUT2D eigenvalue weighted by molar-refractivity contribution is 5.75. The van der Waals surface area contributed by atoms with Crippen LogP contribution in [0.1, 0.15) is 37.1 Å². The Bertz CT molecular complexity index is 863. The maximum atomic E-state index is 13.0. The number of carbonyl (C=O) groups is 1. The third-order valence-electron chi connectivity index (χ3n) is 4.34. The van der Waals surface area contributed by atoms with Crippen molar-refractivity contribution < 1.29 is 13.7 Å². The van der Waals surface area contributed by atoms with E-state index in [9.17, 15) is 9.18 Å². The van der Waals surface area contributed by atoms with Gasteiger partial charge in [-0.3, -0.25) is 4.79 Å². The number of aryl methyl sites for hydroxylation is 1. The van der Waals surface area contributed by atoms with Crippen LogP contribution < -0.4 is 5.32 Å². The van der Waals surface area contributed by atoms with E-state index >= 15 is 0 Å². The summed E-state index contributed by atoms with van der Waals surface area (Å²) in [7, 11) is 0. The SMILES string of the molecule is CC(CNC(=O)CCCc1nc(-c2ccc(F)cc2)no1)c1ccccc1. The highest BCUT2D eigenvalue weighted by atomic mass is 19.1. The Balaban J connectivity index is 1.40. The van der Waals surface area contributed by atoms with Crippen molar-refractivity contribution in [2.75, 3.05) is 6.54 Å². The van der Waals surface area contributed by atoms with Gasteiger partial charge < -0.3 is 9.84 Å². The van der Waals surface area contributed by atoms with E-state index in [-0.39, 0.29) is 17.6 Å². The van der Waals surface area contributed by atoms with Crippen molar-refractivity contribution in [3.05, 3.63) is 71.9 Å². The van der Waals surface area contributed by atoms with Crippen molar-refractivity contribution in [1.29, 1.82) is 0 Å². The lowest BCUT2D eigenvalue weighted by Gasteiger charge is -2.12. The number of hydrogen-bond donors (Lipinski definition) is 1. The molecule has 1 N–H and O–H groups in total. The van der Waals surface area contributed by atoms with Crippen LogP contribution in [-0.4, -0.2) is 22.6 Å². The summed E-state index contributed by atoms with van der Waals surface area (Å²) in [5, 5.41) is 6.86. The number of nitrogens with one attached hydrogen (secondary N) is 1. The molecule has 0 radical (unpaired) electrons. The fraction of sp³-hybridized carbons (Fsp3) is 0.286. The van der Waals surface area contributed by atoms with Crippen molar-refractivity contribution >= 4 is 5.91 Å². The molecule has 6 heteroatoms. The standard InChI is InChI=1S/C21H22FN3O2/c1-15(16-6-3-2-4-7-16)14-23-19(26)8-5-9-20-24-21(25-27-20)17-10-12-18(22)13-11-17/h2-4,6-7,10-13,15H,5,8-9,14H2,1H3,(H,23,26). The van der Waals surface area contributed by atoms with Crippen molar-refractivity contribution in [2.24, 2.45) is 0 Å². The first-order valence-electron chi connectivity index (χ1n) is 9.02. The third kappa shape index (κ3) is 5.48. The van der Waals surface area contributed by atoms with E-state index in [1.54, 1.807) is 12.1 Å². The molecule has 0 fully saturated rings. The van der Waals surface area contributed by atoms with Gasteiger partial charge in [-0.05, 0) is 42.2 Å². The zero-order valence-electron chi connectivity index (χ0n) is 15.2. The molecule has 0 bridgehead atoms. The summed E-state index contributed by atoms with van der Waals surface area (Å²) in [6.07, 6.45) is 1.54. The Labute approximate surface area is 157 Å². The van der Waals surface area contributed by atoms with E-state index in [0.717, 1.165) is 0 Å². The van der Waals surface area contributed by atoms with Gasteiger partial charge >= 0.3 is 0 Å². The first-order chi connectivity index (χ1) is 13.1. The predicted molar refractivity (Wildman–Crippen MR) is 100 cm³/mol. The van der Waals surface area contributed by atoms with Crippen LogP contribution in [-0.2, 0) is 11.2 Å². The summed E-state index contributed by atoms with van der Waals surface area (Å²) < 4.78 is 18.2. The second-order valence-electron chi connectivity index (χ2n) is 6.49. The van der Waals surface area contributed by atoms with E-state index in [1.165, 1.54) is 17.7 Å². The number of halogens is 1. The zero-order chi connectivity index (χ0) is 19.1. The molecule has 3 rings (SSSR count). The van der Waals surface area contributed by atoms with E-state index < -0.39 is 0 Å². The van der Waals surface area contributed by atoms with Gasteiger partial charge in [0.15, 0.2) is 0 Å². The van der Waals surface area contributed by atoms with Gasteiger partial charge in [0.05, 0.1) is 0 Å². The van der Waals surface area contributed by atoms with Crippen LogP contribution in [0.15, 0.2) is 59.1 Å². The number of nitrogens with zero attached hydrogens (tertiary/aromatic N) is 2. The molecule has 1 atom stereocenters. The quantitative estimate of drug-likeness (QED) is 0.650. The van der Waals surface area contributed by atoms with Crippen LogP contribution in [0.25, 0.3) is 11.4 Å². The monoisotopic (exact) mass is 367 g/mol. The van der Waals surface area contributed by atoms with E-state index in [1.807, 2.05) is 18.2 Å². The molecule has 0 aliphatic carbocycles. The topological polar surface area (TPSA) is 68.0 Å². The largest absolute Gasteiger partial charge is 0.356 e. The molecule has 0 spiro atoms.